The van der Waals surface area contributed by atoms with Gasteiger partial charge in [-0.1, -0.05) is 60.7 Å². The van der Waals surface area contributed by atoms with Crippen LogP contribution in [0, 0.1) is 0 Å². The lowest BCUT2D eigenvalue weighted by atomic mass is 10.1. The van der Waals surface area contributed by atoms with Crippen LogP contribution in [0.15, 0.2) is 78.9 Å². The van der Waals surface area contributed by atoms with Gasteiger partial charge >= 0.3 is 0 Å². The maximum Gasteiger partial charge on any atom is 0.255 e. The molecule has 1 unspecified atom stereocenters. The summed E-state index contributed by atoms with van der Waals surface area (Å²) in [5.74, 6) is 0.511. The van der Waals surface area contributed by atoms with Crippen molar-refractivity contribution in [1.29, 1.82) is 0 Å². The van der Waals surface area contributed by atoms with Crippen molar-refractivity contribution < 1.29 is 24.5 Å². The van der Waals surface area contributed by atoms with E-state index < -0.39 is 18.6 Å². The highest BCUT2D eigenvalue weighted by Gasteiger charge is 2.16. The summed E-state index contributed by atoms with van der Waals surface area (Å²) in [6.07, 6.45) is -1.03. The van der Waals surface area contributed by atoms with Crippen molar-refractivity contribution in [2.75, 3.05) is 13.2 Å². The molecule has 1 amide bonds. The number of carbonyl (C=O) groups is 1. The van der Waals surface area contributed by atoms with E-state index in [2.05, 4.69) is 5.32 Å². The number of carbonyl (C=O) groups excluding carboxylic acids is 1. The molecule has 3 aromatic carbocycles. The van der Waals surface area contributed by atoms with Crippen molar-refractivity contribution in [2.45, 2.75) is 19.3 Å². The molecule has 0 radical (unpaired) electrons. The molecule has 0 fully saturated rings. The number of aliphatic hydroxyl groups is 2. The monoisotopic (exact) mass is 407 g/mol. The number of benzene rings is 3. The van der Waals surface area contributed by atoms with E-state index in [0.29, 0.717) is 30.3 Å². The van der Waals surface area contributed by atoms with E-state index in [0.717, 1.165) is 11.1 Å². The number of aliphatic hydroxyl groups excluding tert-OH is 2. The average molecular weight is 407 g/mol. The second kappa shape index (κ2) is 11.0. The summed E-state index contributed by atoms with van der Waals surface area (Å²) in [6.45, 7) is 0.181. The van der Waals surface area contributed by atoms with E-state index in [-0.39, 0.29) is 6.54 Å². The maximum atomic E-state index is 12.7. The van der Waals surface area contributed by atoms with Crippen molar-refractivity contribution in [3.8, 4) is 11.5 Å². The normalized spacial score (nSPS) is 11.5. The molecule has 0 saturated heterocycles. The van der Waals surface area contributed by atoms with E-state index >= 15 is 0 Å². The molecule has 0 aliphatic heterocycles. The summed E-state index contributed by atoms with van der Waals surface area (Å²) in [7, 11) is 0. The SMILES string of the molecule is O=C(NCC(O)CO)c1cc(OCc2ccccc2)ccc1OCc1ccccc1. The minimum Gasteiger partial charge on any atom is -0.489 e. The Hall–Kier alpha value is -3.35. The highest BCUT2D eigenvalue weighted by atomic mass is 16.5. The highest BCUT2D eigenvalue weighted by Crippen LogP contribution is 2.26. The van der Waals surface area contributed by atoms with Gasteiger partial charge in [0.1, 0.15) is 24.7 Å². The molecule has 1 atom stereocenters. The van der Waals surface area contributed by atoms with E-state index in [1.54, 1.807) is 18.2 Å². The number of amides is 1. The van der Waals surface area contributed by atoms with Gasteiger partial charge in [0, 0.05) is 6.54 Å². The van der Waals surface area contributed by atoms with Crippen LogP contribution in [0.3, 0.4) is 0 Å². The van der Waals surface area contributed by atoms with Crippen LogP contribution in [-0.2, 0) is 13.2 Å². The van der Waals surface area contributed by atoms with Gasteiger partial charge in [0.25, 0.3) is 5.91 Å². The number of ether oxygens (including phenoxy) is 2. The molecule has 3 rings (SSSR count). The van der Waals surface area contributed by atoms with Gasteiger partial charge in [0.2, 0.25) is 0 Å². The van der Waals surface area contributed by atoms with Gasteiger partial charge in [-0.2, -0.15) is 0 Å². The minimum atomic E-state index is -1.03. The third-order valence-electron chi connectivity index (χ3n) is 4.39. The summed E-state index contributed by atoms with van der Waals surface area (Å²) >= 11 is 0. The third-order valence-corrected chi connectivity index (χ3v) is 4.39. The zero-order valence-corrected chi connectivity index (χ0v) is 16.5. The van der Waals surface area contributed by atoms with Crippen LogP contribution in [0.1, 0.15) is 21.5 Å². The average Bonchev–Trinajstić information content (AvgIpc) is 2.81. The molecule has 30 heavy (non-hydrogen) atoms. The summed E-state index contributed by atoms with van der Waals surface area (Å²) in [4.78, 5) is 12.7. The van der Waals surface area contributed by atoms with Gasteiger partial charge in [0.15, 0.2) is 0 Å². The predicted octanol–water partition coefficient (Wildman–Crippen LogP) is 2.93. The van der Waals surface area contributed by atoms with E-state index in [1.165, 1.54) is 0 Å². The summed E-state index contributed by atoms with van der Waals surface area (Å²) in [6, 6.07) is 24.4. The first kappa shape index (κ1) is 21.4. The van der Waals surface area contributed by atoms with Crippen molar-refractivity contribution in [1.82, 2.24) is 5.32 Å². The fourth-order valence-electron chi connectivity index (χ4n) is 2.75. The molecule has 0 saturated carbocycles. The zero-order chi connectivity index (χ0) is 21.2. The molecule has 6 heteroatoms. The van der Waals surface area contributed by atoms with Crippen molar-refractivity contribution in [2.24, 2.45) is 0 Å². The minimum absolute atomic E-state index is 0.0669. The molecule has 6 nitrogen and oxygen atoms in total. The molecule has 0 aliphatic carbocycles. The zero-order valence-electron chi connectivity index (χ0n) is 16.5. The number of hydrogen-bond acceptors (Lipinski definition) is 5. The standard InChI is InChI=1S/C24H25NO5/c26-15-20(27)14-25-24(28)22-13-21(29-16-18-7-3-1-4-8-18)11-12-23(22)30-17-19-9-5-2-6-10-19/h1-13,20,26-27H,14-17H2,(H,25,28). The lowest BCUT2D eigenvalue weighted by Gasteiger charge is -2.15. The first-order valence-electron chi connectivity index (χ1n) is 9.70. The maximum absolute atomic E-state index is 12.7. The molecule has 3 N–H and O–H groups in total. The van der Waals surface area contributed by atoms with Gasteiger partial charge in [-0.25, -0.2) is 0 Å². The molecule has 0 aliphatic rings. The van der Waals surface area contributed by atoms with Gasteiger partial charge in [-0.05, 0) is 29.3 Å². The van der Waals surface area contributed by atoms with E-state index in [9.17, 15) is 9.90 Å². The molecular formula is C24H25NO5. The quantitative estimate of drug-likeness (QED) is 0.481. The van der Waals surface area contributed by atoms with Crippen LogP contribution in [0.2, 0.25) is 0 Å². The molecule has 3 aromatic rings. The van der Waals surface area contributed by atoms with Crippen LogP contribution >= 0.6 is 0 Å². The largest absolute Gasteiger partial charge is 0.489 e. The Kier molecular flexibility index (Phi) is 7.83. The Morgan fingerprint density at radius 1 is 0.867 bits per heavy atom. The van der Waals surface area contributed by atoms with Crippen LogP contribution in [0.5, 0.6) is 11.5 Å². The highest BCUT2D eigenvalue weighted by molar-refractivity contribution is 5.97. The Balaban J connectivity index is 1.74. The third kappa shape index (κ3) is 6.34. The fraction of sp³-hybridized carbons (Fsp3) is 0.208. The van der Waals surface area contributed by atoms with Crippen molar-refractivity contribution >= 4 is 5.91 Å². The lowest BCUT2D eigenvalue weighted by molar-refractivity contribution is 0.0799. The second-order valence-corrected chi connectivity index (χ2v) is 6.75. The van der Waals surface area contributed by atoms with Crippen molar-refractivity contribution in [3.63, 3.8) is 0 Å². The van der Waals surface area contributed by atoms with Gasteiger partial charge in [0.05, 0.1) is 18.3 Å². The van der Waals surface area contributed by atoms with Gasteiger partial charge < -0.3 is 25.0 Å². The Labute approximate surface area is 175 Å². The lowest BCUT2D eigenvalue weighted by Crippen LogP contribution is -2.34. The number of hydrogen-bond donors (Lipinski definition) is 3. The molecule has 0 aromatic heterocycles. The fourth-order valence-corrected chi connectivity index (χ4v) is 2.75. The summed E-state index contributed by atoms with van der Waals surface area (Å²) in [5, 5.41) is 21.1. The first-order chi connectivity index (χ1) is 14.7. The van der Waals surface area contributed by atoms with Crippen LogP contribution < -0.4 is 14.8 Å². The molecule has 156 valence electrons. The first-order valence-corrected chi connectivity index (χ1v) is 9.70. The van der Waals surface area contributed by atoms with Crippen LogP contribution in [0.25, 0.3) is 0 Å². The van der Waals surface area contributed by atoms with Gasteiger partial charge in [-0.15, -0.1) is 0 Å². The van der Waals surface area contributed by atoms with Gasteiger partial charge in [-0.3, -0.25) is 4.79 Å². The molecule has 0 bridgehead atoms. The number of nitrogens with one attached hydrogen (secondary N) is 1. The summed E-state index contributed by atoms with van der Waals surface area (Å²) < 4.78 is 11.7. The smallest absolute Gasteiger partial charge is 0.255 e. The number of rotatable bonds is 10. The summed E-state index contributed by atoms with van der Waals surface area (Å²) in [5.41, 5.74) is 2.28. The van der Waals surface area contributed by atoms with Crippen molar-refractivity contribution in [3.05, 3.63) is 95.6 Å². The van der Waals surface area contributed by atoms with E-state index in [4.69, 9.17) is 14.6 Å². The molecular weight excluding hydrogens is 382 g/mol. The Bertz CT molecular complexity index is 931. The molecule has 0 heterocycles. The van der Waals surface area contributed by atoms with Crippen LogP contribution in [0.4, 0.5) is 0 Å². The van der Waals surface area contributed by atoms with Crippen LogP contribution in [-0.4, -0.2) is 35.4 Å². The molecule has 0 spiro atoms. The Morgan fingerprint density at radius 3 is 2.07 bits per heavy atom. The Morgan fingerprint density at radius 2 is 1.47 bits per heavy atom. The predicted molar refractivity (Wildman–Crippen MR) is 113 cm³/mol. The van der Waals surface area contributed by atoms with E-state index in [1.807, 2.05) is 60.7 Å². The second-order valence-electron chi connectivity index (χ2n) is 6.75. The topological polar surface area (TPSA) is 88.0 Å².